The molecule has 6 N–H and O–H groups in total. The van der Waals surface area contributed by atoms with Crippen molar-refractivity contribution < 1.29 is 51.8 Å². The molecule has 7 atom stereocenters. The minimum Gasteiger partial charge on any atom is -0.394 e. The molecule has 13 heteroatoms. The van der Waals surface area contributed by atoms with Crippen LogP contribution in [0.2, 0.25) is 0 Å². The van der Waals surface area contributed by atoms with E-state index in [4.69, 9.17) is 9.47 Å². The number of allylic oxidation sites excluding steroid dienone is 1. The number of aliphatic hydroxyl groups is 4. The molecule has 0 saturated carbocycles. The summed E-state index contributed by atoms with van der Waals surface area (Å²) in [5.74, 6) is -0.259. The van der Waals surface area contributed by atoms with Crippen LogP contribution in [-0.2, 0) is 28.9 Å². The highest BCUT2D eigenvalue weighted by Gasteiger charge is 2.48. The zero-order valence-corrected chi connectivity index (χ0v) is 38.9. The highest BCUT2D eigenvalue weighted by molar-refractivity contribution is 7.80. The highest BCUT2D eigenvalue weighted by atomic mass is 32.3. The zero-order valence-electron chi connectivity index (χ0n) is 38.0. The van der Waals surface area contributed by atoms with Gasteiger partial charge in [-0.3, -0.25) is 9.35 Å². The van der Waals surface area contributed by atoms with Gasteiger partial charge in [-0.25, -0.2) is 4.18 Å². The summed E-state index contributed by atoms with van der Waals surface area (Å²) < 4.78 is 47.6. The molecule has 0 radical (unpaired) electrons. The largest absolute Gasteiger partial charge is 0.397 e. The van der Waals surface area contributed by atoms with E-state index in [1.54, 1.807) is 6.08 Å². The van der Waals surface area contributed by atoms with E-state index in [1.807, 2.05) is 6.08 Å². The van der Waals surface area contributed by atoms with Gasteiger partial charge in [0.15, 0.2) is 6.29 Å². The molecule has 0 aromatic carbocycles. The van der Waals surface area contributed by atoms with Gasteiger partial charge in [0.05, 0.1) is 25.4 Å². The van der Waals surface area contributed by atoms with Crippen LogP contribution in [0.15, 0.2) is 12.2 Å². The molecule has 1 saturated heterocycles. The van der Waals surface area contributed by atoms with Crippen LogP contribution >= 0.6 is 0 Å². The molecule has 0 aromatic rings. The molecule has 60 heavy (non-hydrogen) atoms. The molecule has 0 bridgehead atoms. The molecular weight excluding hydrogens is 787 g/mol. The summed E-state index contributed by atoms with van der Waals surface area (Å²) >= 11 is 0. The van der Waals surface area contributed by atoms with Crippen LogP contribution in [-0.4, -0.2) is 95.4 Å². The Hall–Kier alpha value is -1.16. The quantitative estimate of drug-likeness (QED) is 0.0194. The van der Waals surface area contributed by atoms with E-state index in [1.165, 1.54) is 161 Å². The van der Waals surface area contributed by atoms with Crippen LogP contribution in [0.1, 0.15) is 226 Å². The first-order chi connectivity index (χ1) is 29.0. The van der Waals surface area contributed by atoms with Gasteiger partial charge in [-0.05, 0) is 19.3 Å². The van der Waals surface area contributed by atoms with Crippen molar-refractivity contribution in [3.05, 3.63) is 12.2 Å². The Labute approximate surface area is 366 Å². The van der Waals surface area contributed by atoms with Gasteiger partial charge in [0.1, 0.15) is 24.4 Å². The van der Waals surface area contributed by atoms with Crippen molar-refractivity contribution in [1.29, 1.82) is 0 Å². The summed E-state index contributed by atoms with van der Waals surface area (Å²) in [4.78, 5) is 13.0. The van der Waals surface area contributed by atoms with Crippen molar-refractivity contribution in [1.82, 2.24) is 5.32 Å². The maximum Gasteiger partial charge on any atom is 0.397 e. The number of carbonyl (C=O) groups is 1. The Morgan fingerprint density at radius 2 is 1.05 bits per heavy atom. The van der Waals surface area contributed by atoms with Crippen molar-refractivity contribution in [3.63, 3.8) is 0 Å². The van der Waals surface area contributed by atoms with Gasteiger partial charge in [-0.15, -0.1) is 0 Å². The molecule has 1 aliphatic heterocycles. The topological polar surface area (TPSA) is 192 Å². The first-order valence-electron chi connectivity index (χ1n) is 24.6. The Bertz CT molecular complexity index is 1130. The highest BCUT2D eigenvalue weighted by Crippen LogP contribution is 2.26. The second kappa shape index (κ2) is 38.3. The molecule has 7 unspecified atom stereocenters. The average Bonchev–Trinajstić information content (AvgIpc) is 3.22. The monoisotopic (exact) mass is 878 g/mol. The molecule has 0 aromatic heterocycles. The van der Waals surface area contributed by atoms with E-state index in [-0.39, 0.29) is 18.9 Å². The Kier molecular flexibility index (Phi) is 36.3. The van der Waals surface area contributed by atoms with Crippen molar-refractivity contribution in [2.24, 2.45) is 0 Å². The lowest BCUT2D eigenvalue weighted by atomic mass is 9.99. The second-order valence-corrected chi connectivity index (χ2v) is 18.5. The van der Waals surface area contributed by atoms with E-state index < -0.39 is 59.9 Å². The van der Waals surface area contributed by atoms with Crippen LogP contribution < -0.4 is 5.32 Å². The third-order valence-electron chi connectivity index (χ3n) is 11.8. The van der Waals surface area contributed by atoms with E-state index in [2.05, 4.69) is 23.3 Å². The summed E-state index contributed by atoms with van der Waals surface area (Å²) in [6, 6.07) is -0.938. The van der Waals surface area contributed by atoms with Crippen molar-refractivity contribution in [2.45, 2.75) is 269 Å². The Morgan fingerprint density at radius 3 is 1.45 bits per heavy atom. The second-order valence-electron chi connectivity index (χ2n) is 17.4. The van der Waals surface area contributed by atoms with Crippen LogP contribution in [0.3, 0.4) is 0 Å². The number of aliphatic hydroxyl groups excluding tert-OH is 4. The molecule has 1 heterocycles. The summed E-state index contributed by atoms with van der Waals surface area (Å²) in [5.41, 5.74) is 0. The van der Waals surface area contributed by atoms with Crippen LogP contribution in [0.25, 0.3) is 0 Å². The lowest BCUT2D eigenvalue weighted by Crippen LogP contribution is -2.61. The molecule has 12 nitrogen and oxygen atoms in total. The lowest BCUT2D eigenvalue weighted by molar-refractivity contribution is -0.298. The number of hydrogen-bond acceptors (Lipinski definition) is 10. The molecule has 0 aliphatic carbocycles. The van der Waals surface area contributed by atoms with Crippen LogP contribution in [0.5, 0.6) is 0 Å². The van der Waals surface area contributed by atoms with Crippen LogP contribution in [0, 0.1) is 0 Å². The van der Waals surface area contributed by atoms with Gasteiger partial charge in [-0.2, -0.15) is 8.42 Å². The Balaban J connectivity index is 2.48. The predicted octanol–water partition coefficient (Wildman–Crippen LogP) is 9.95. The number of carbonyl (C=O) groups excluding carboxylic acids is 1. The number of ether oxygens (including phenoxy) is 2. The van der Waals surface area contributed by atoms with E-state index in [0.29, 0.717) is 6.42 Å². The van der Waals surface area contributed by atoms with E-state index >= 15 is 0 Å². The smallest absolute Gasteiger partial charge is 0.394 e. The third-order valence-corrected chi connectivity index (χ3v) is 12.3. The fraction of sp³-hybridized carbons (Fsp3) is 0.936. The summed E-state index contributed by atoms with van der Waals surface area (Å²) in [5, 5.41) is 44.7. The lowest BCUT2D eigenvalue weighted by Gasteiger charge is -2.41. The van der Waals surface area contributed by atoms with Gasteiger partial charge in [0.25, 0.3) is 0 Å². The van der Waals surface area contributed by atoms with E-state index in [0.717, 1.165) is 38.5 Å². The number of hydrogen-bond donors (Lipinski definition) is 6. The predicted molar refractivity (Wildman–Crippen MR) is 241 cm³/mol. The fourth-order valence-electron chi connectivity index (χ4n) is 7.98. The minimum absolute atomic E-state index is 0.259. The first-order valence-corrected chi connectivity index (χ1v) is 25.9. The van der Waals surface area contributed by atoms with Gasteiger partial charge in [-0.1, -0.05) is 212 Å². The Morgan fingerprint density at radius 1 is 0.650 bits per heavy atom. The molecule has 1 aliphatic rings. The SMILES string of the molecule is CCCCCCCCCCCCCCC/C=C/C(O)C(COC1OC(CO)C(O)C(OS(=O)(=O)O)C1O)NC(=O)CCCCCCCCCCCCCCCCCCCC. The molecule has 0 spiro atoms. The summed E-state index contributed by atoms with van der Waals surface area (Å²) in [6.07, 6.45) is 33.9. The number of unbranched alkanes of at least 4 members (excludes halogenated alkanes) is 30. The van der Waals surface area contributed by atoms with Gasteiger partial charge < -0.3 is 35.2 Å². The number of rotatable bonds is 42. The molecule has 356 valence electrons. The number of amides is 1. The van der Waals surface area contributed by atoms with Crippen molar-refractivity contribution >= 4 is 16.3 Å². The van der Waals surface area contributed by atoms with Gasteiger partial charge in [0, 0.05) is 6.42 Å². The molecular formula is C47H91NO11S. The summed E-state index contributed by atoms with van der Waals surface area (Å²) in [7, 11) is -5.08. The van der Waals surface area contributed by atoms with Gasteiger partial charge in [0.2, 0.25) is 5.91 Å². The van der Waals surface area contributed by atoms with Gasteiger partial charge >= 0.3 is 10.4 Å². The van der Waals surface area contributed by atoms with Crippen LogP contribution in [0.4, 0.5) is 0 Å². The summed E-state index contributed by atoms with van der Waals surface area (Å²) in [6.45, 7) is 3.40. The average molecular weight is 878 g/mol. The zero-order chi connectivity index (χ0) is 44.1. The molecule has 1 fully saturated rings. The number of nitrogens with one attached hydrogen (secondary N) is 1. The maximum atomic E-state index is 13.0. The third kappa shape index (κ3) is 30.8. The first kappa shape index (κ1) is 56.9. The minimum atomic E-state index is -5.08. The maximum absolute atomic E-state index is 13.0. The standard InChI is InChI=1S/C47H91NO11S/c1-3-5-7-9-11-13-15-17-19-20-21-23-25-27-29-31-33-35-37-43(51)48-40(39-57-47-45(53)46(59-60(54,55)56)44(52)42(38-49)58-47)41(50)36-34-32-30-28-26-24-22-18-16-14-12-10-8-6-4-2/h34,36,40-42,44-47,49-50,52-53H,3-33,35,37-39H2,1-2H3,(H,48,51)(H,54,55,56)/b36-34+. The van der Waals surface area contributed by atoms with Crippen molar-refractivity contribution in [2.75, 3.05) is 13.2 Å². The molecule has 1 rings (SSSR count). The van der Waals surface area contributed by atoms with Crippen molar-refractivity contribution in [3.8, 4) is 0 Å². The molecule has 1 amide bonds. The normalized spacial score (nSPS) is 20.8. The fourth-order valence-corrected chi connectivity index (χ4v) is 8.49. The van der Waals surface area contributed by atoms with E-state index in [9.17, 15) is 38.2 Å².